The van der Waals surface area contributed by atoms with Crippen LogP contribution >= 0.6 is 0 Å². The van der Waals surface area contributed by atoms with Gasteiger partial charge in [-0.25, -0.2) is 12.8 Å². The summed E-state index contributed by atoms with van der Waals surface area (Å²) in [6.45, 7) is 1.57. The lowest BCUT2D eigenvalue weighted by molar-refractivity contribution is -0.149. The van der Waals surface area contributed by atoms with Crippen LogP contribution in [0, 0.1) is 5.82 Å². The summed E-state index contributed by atoms with van der Waals surface area (Å²) in [4.78, 5) is 13.6. The van der Waals surface area contributed by atoms with Crippen molar-refractivity contribution in [3.63, 3.8) is 0 Å². The first-order valence-electron chi connectivity index (χ1n) is 9.20. The first-order chi connectivity index (χ1) is 13.4. The smallest absolute Gasteiger partial charge is 0.267 e. The third kappa shape index (κ3) is 2.62. The fourth-order valence-electron chi connectivity index (χ4n) is 4.38. The molecule has 0 unspecified atom stereocenters. The van der Waals surface area contributed by atoms with E-state index in [1.54, 1.807) is 30.0 Å². The Kier molecular flexibility index (Phi) is 4.63. The van der Waals surface area contributed by atoms with Crippen LogP contribution in [0.3, 0.4) is 0 Å². The monoisotopic (exact) mass is 404 g/mol. The second kappa shape index (κ2) is 6.86. The van der Waals surface area contributed by atoms with E-state index in [1.165, 1.54) is 22.5 Å². The fourth-order valence-corrected chi connectivity index (χ4v) is 5.96. The summed E-state index contributed by atoms with van der Waals surface area (Å²) in [5, 5.41) is 9.83. The van der Waals surface area contributed by atoms with E-state index in [4.69, 9.17) is 0 Å². The van der Waals surface area contributed by atoms with Crippen LogP contribution in [0.15, 0.2) is 53.4 Å². The average Bonchev–Trinajstić information content (AvgIpc) is 2.68. The van der Waals surface area contributed by atoms with Crippen LogP contribution in [0.4, 0.5) is 10.1 Å². The number of aliphatic hydroxyl groups is 1. The zero-order valence-corrected chi connectivity index (χ0v) is 16.1. The Balaban J connectivity index is 1.83. The van der Waals surface area contributed by atoms with Crippen molar-refractivity contribution < 1.29 is 22.7 Å². The summed E-state index contributed by atoms with van der Waals surface area (Å²) in [6.07, 6.45) is 0.265. The highest BCUT2D eigenvalue weighted by molar-refractivity contribution is 7.92. The molecule has 1 saturated heterocycles. The largest absolute Gasteiger partial charge is 0.394 e. The minimum atomic E-state index is -4.15. The average molecular weight is 404 g/mol. The van der Waals surface area contributed by atoms with E-state index in [0.29, 0.717) is 5.69 Å². The van der Waals surface area contributed by atoms with Gasteiger partial charge >= 0.3 is 0 Å². The number of hydrogen-bond acceptors (Lipinski definition) is 4. The number of amides is 1. The molecule has 148 valence electrons. The number of likely N-dealkylation sites (tertiary alicyclic amines) is 1. The number of nitrogens with zero attached hydrogens (tertiary/aromatic N) is 2. The Morgan fingerprint density at radius 2 is 1.86 bits per heavy atom. The zero-order valence-electron chi connectivity index (χ0n) is 15.3. The molecule has 4 rings (SSSR count). The van der Waals surface area contributed by atoms with Gasteiger partial charge in [0.15, 0.2) is 0 Å². The highest BCUT2D eigenvalue weighted by Crippen LogP contribution is 2.49. The summed E-state index contributed by atoms with van der Waals surface area (Å²) in [6, 6.07) is 11.5. The van der Waals surface area contributed by atoms with E-state index < -0.39 is 20.7 Å². The van der Waals surface area contributed by atoms with E-state index in [9.17, 15) is 22.7 Å². The Hall–Kier alpha value is -2.45. The molecular formula is C20H21FN2O4S. The van der Waals surface area contributed by atoms with Crippen molar-refractivity contribution >= 4 is 21.6 Å². The van der Waals surface area contributed by atoms with Crippen LogP contribution < -0.4 is 4.31 Å². The molecule has 0 aromatic heterocycles. The third-order valence-corrected chi connectivity index (χ3v) is 7.46. The number of rotatable bonds is 4. The summed E-state index contributed by atoms with van der Waals surface area (Å²) in [5.74, 6) is -1.10. The summed E-state index contributed by atoms with van der Waals surface area (Å²) >= 11 is 0. The van der Waals surface area contributed by atoms with Gasteiger partial charge in [0.05, 0.1) is 30.9 Å². The molecule has 2 heterocycles. The molecule has 2 aromatic carbocycles. The maximum atomic E-state index is 14.3. The highest BCUT2D eigenvalue weighted by atomic mass is 32.2. The Morgan fingerprint density at radius 3 is 2.54 bits per heavy atom. The van der Waals surface area contributed by atoms with Gasteiger partial charge in [-0.2, -0.15) is 0 Å². The molecule has 1 fully saturated rings. The Bertz CT molecular complexity index is 1030. The number of sulfonamides is 1. The van der Waals surface area contributed by atoms with Crippen LogP contribution in [0.1, 0.15) is 24.8 Å². The number of benzene rings is 2. The quantitative estimate of drug-likeness (QED) is 0.847. The molecule has 2 aromatic rings. The normalized spacial score (nSPS) is 23.6. The highest BCUT2D eigenvalue weighted by Gasteiger charge is 2.55. The number of hydrogen-bond donors (Lipinski definition) is 1. The molecule has 0 spiro atoms. The van der Waals surface area contributed by atoms with Crippen LogP contribution in [0.25, 0.3) is 0 Å². The van der Waals surface area contributed by atoms with Crippen LogP contribution in [-0.2, 0) is 14.8 Å². The molecule has 0 bridgehead atoms. The lowest BCUT2D eigenvalue weighted by atomic mass is 9.72. The number of carbonyl (C=O) groups excluding carboxylic acids is 1. The molecule has 2 aliphatic rings. The Labute approximate surface area is 163 Å². The van der Waals surface area contributed by atoms with E-state index in [1.807, 2.05) is 6.07 Å². The summed E-state index contributed by atoms with van der Waals surface area (Å²) < 4.78 is 42.0. The van der Waals surface area contributed by atoms with E-state index in [2.05, 4.69) is 0 Å². The van der Waals surface area contributed by atoms with Gasteiger partial charge in [0.2, 0.25) is 5.91 Å². The molecule has 0 radical (unpaired) electrons. The number of carbonyl (C=O) groups is 1. The van der Waals surface area contributed by atoms with Gasteiger partial charge in [-0.15, -0.1) is 0 Å². The number of para-hydroxylation sites is 1. The lowest BCUT2D eigenvalue weighted by Crippen LogP contribution is -2.70. The van der Waals surface area contributed by atoms with Crippen molar-refractivity contribution in [3.8, 4) is 0 Å². The molecule has 1 N–H and O–H groups in total. The molecule has 2 aliphatic heterocycles. The molecular weight excluding hydrogens is 383 g/mol. The van der Waals surface area contributed by atoms with Crippen molar-refractivity contribution in [2.75, 3.05) is 17.5 Å². The van der Waals surface area contributed by atoms with Crippen LogP contribution in [0.2, 0.25) is 0 Å². The van der Waals surface area contributed by atoms with Crippen molar-refractivity contribution in [1.82, 2.24) is 4.90 Å². The molecule has 28 heavy (non-hydrogen) atoms. The van der Waals surface area contributed by atoms with Crippen molar-refractivity contribution in [1.29, 1.82) is 0 Å². The summed E-state index contributed by atoms with van der Waals surface area (Å²) in [7, 11) is -4.15. The van der Waals surface area contributed by atoms with Gasteiger partial charge in [0.1, 0.15) is 10.7 Å². The van der Waals surface area contributed by atoms with Gasteiger partial charge in [-0.1, -0.05) is 37.3 Å². The first-order valence-corrected chi connectivity index (χ1v) is 10.6. The second-order valence-corrected chi connectivity index (χ2v) is 8.85. The number of fused-ring (bicyclic) bond motifs is 3. The number of anilines is 1. The van der Waals surface area contributed by atoms with Crippen LogP contribution in [-0.4, -0.2) is 49.6 Å². The van der Waals surface area contributed by atoms with Crippen molar-refractivity contribution in [2.45, 2.75) is 36.2 Å². The SMILES string of the molecule is CCC(=O)N1[C@H](CO)[C@@H]2c3ccccc3N(S(=O)(=O)c3ccccc3F)C[C@@H]21. The molecule has 6 nitrogen and oxygen atoms in total. The van der Waals surface area contributed by atoms with Crippen LogP contribution in [0.5, 0.6) is 0 Å². The predicted molar refractivity (Wildman–Crippen MR) is 102 cm³/mol. The number of halogens is 1. The van der Waals surface area contributed by atoms with E-state index in [-0.39, 0.29) is 43.5 Å². The van der Waals surface area contributed by atoms with E-state index >= 15 is 0 Å². The van der Waals surface area contributed by atoms with Gasteiger partial charge in [-0.05, 0) is 23.8 Å². The molecule has 0 aliphatic carbocycles. The molecule has 3 atom stereocenters. The van der Waals surface area contributed by atoms with Gasteiger partial charge in [0, 0.05) is 12.3 Å². The molecule has 8 heteroatoms. The maximum Gasteiger partial charge on any atom is 0.267 e. The summed E-state index contributed by atoms with van der Waals surface area (Å²) in [5.41, 5.74) is 1.21. The van der Waals surface area contributed by atoms with E-state index in [0.717, 1.165) is 11.6 Å². The fraction of sp³-hybridized carbons (Fsp3) is 0.350. The second-order valence-electron chi connectivity index (χ2n) is 7.02. The van der Waals surface area contributed by atoms with Crippen molar-refractivity contribution in [3.05, 3.63) is 59.9 Å². The lowest BCUT2D eigenvalue weighted by Gasteiger charge is -2.58. The van der Waals surface area contributed by atoms with Gasteiger partial charge in [0.25, 0.3) is 10.0 Å². The van der Waals surface area contributed by atoms with Gasteiger partial charge < -0.3 is 10.0 Å². The standard InChI is InChI=1S/C20H21FN2O4S/c1-2-19(25)23-16-11-22(28(26,27)18-10-6-4-8-14(18)21)15-9-5-3-7-13(15)20(16)17(23)12-24/h3-10,16-17,20,24H,2,11-12H2,1H3/t16-,17+,20+/m0/s1. The van der Waals surface area contributed by atoms with Crippen molar-refractivity contribution in [2.24, 2.45) is 0 Å². The topological polar surface area (TPSA) is 77.9 Å². The minimum Gasteiger partial charge on any atom is -0.394 e. The number of aliphatic hydroxyl groups excluding tert-OH is 1. The first kappa shape index (κ1) is 18.9. The Morgan fingerprint density at radius 1 is 1.18 bits per heavy atom. The predicted octanol–water partition coefficient (Wildman–Crippen LogP) is 2.10. The van der Waals surface area contributed by atoms with Gasteiger partial charge in [-0.3, -0.25) is 9.10 Å². The third-order valence-electron chi connectivity index (χ3n) is 5.64. The minimum absolute atomic E-state index is 0.0284. The molecule has 0 saturated carbocycles. The zero-order chi connectivity index (χ0) is 20.1. The molecule has 1 amide bonds. The maximum absolute atomic E-state index is 14.3.